The Morgan fingerprint density at radius 2 is 1.17 bits per heavy atom. The van der Waals surface area contributed by atoms with Crippen LogP contribution in [0, 0.1) is 0 Å². The summed E-state index contributed by atoms with van der Waals surface area (Å²) in [6, 6.07) is 0. The molecule has 0 aromatic heterocycles. The molecule has 0 aromatic carbocycles. The van der Waals surface area contributed by atoms with Crippen LogP contribution in [0.2, 0.25) is 0 Å². The molecule has 0 saturated carbocycles. The van der Waals surface area contributed by atoms with Crippen LogP contribution in [0.1, 0.15) is 58.3 Å². The predicted molar refractivity (Wildman–Crippen MR) is 49.7 cm³/mol. The summed E-state index contributed by atoms with van der Waals surface area (Å²) in [4.78, 5) is 0. The monoisotopic (exact) mass is 209 g/mol. The predicted octanol–water partition coefficient (Wildman–Crippen LogP) is 3.12. The summed E-state index contributed by atoms with van der Waals surface area (Å²) >= 11 is 0. The molecule has 0 spiro atoms. The van der Waals surface area contributed by atoms with Gasteiger partial charge < -0.3 is 5.11 Å². The van der Waals surface area contributed by atoms with Crippen molar-refractivity contribution in [3.8, 4) is 0 Å². The third-order valence-electron chi connectivity index (χ3n) is 2.01. The van der Waals surface area contributed by atoms with Crippen LogP contribution in [0.4, 0.5) is 0 Å². The first-order valence-corrected chi connectivity index (χ1v) is 5.02. The first-order chi connectivity index (χ1) is 5.41. The number of aliphatic hydroxyl groups excluding tert-OH is 1. The number of hydrogen-bond acceptors (Lipinski definition) is 1. The first kappa shape index (κ1) is 15.0. The Hall–Kier alpha value is 0.544. The van der Waals surface area contributed by atoms with E-state index in [0.717, 1.165) is 6.42 Å². The number of rotatable bonds is 8. The molecular formula is C10H22OV. The molecule has 1 N–H and O–H groups in total. The molecule has 2 heteroatoms. The Kier molecular flexibility index (Phi) is 17.7. The molecule has 0 fully saturated rings. The molecular weight excluding hydrogens is 187 g/mol. The zero-order valence-corrected chi connectivity index (χ0v) is 9.66. The minimum atomic E-state index is 0. The molecule has 0 rings (SSSR count). The standard InChI is InChI=1S/C10H22O.V/c1-2-3-4-5-6-7-8-9-10-11;/h11H,2-10H2,1H3;. The summed E-state index contributed by atoms with van der Waals surface area (Å²) in [5.41, 5.74) is 0. The van der Waals surface area contributed by atoms with Gasteiger partial charge in [0.25, 0.3) is 0 Å². The fourth-order valence-corrected chi connectivity index (χ4v) is 1.25. The molecule has 0 amide bonds. The number of unbranched alkanes of at least 4 members (excludes halogenated alkanes) is 7. The van der Waals surface area contributed by atoms with Gasteiger partial charge in [0.05, 0.1) is 0 Å². The van der Waals surface area contributed by atoms with Gasteiger partial charge in [0.2, 0.25) is 0 Å². The van der Waals surface area contributed by atoms with Gasteiger partial charge in [-0.05, 0) is 6.42 Å². The average Bonchev–Trinajstić information content (AvgIpc) is 2.03. The van der Waals surface area contributed by atoms with E-state index < -0.39 is 0 Å². The molecule has 0 aliphatic rings. The first-order valence-electron chi connectivity index (χ1n) is 5.02. The van der Waals surface area contributed by atoms with Crippen LogP contribution in [0.5, 0.6) is 0 Å². The Morgan fingerprint density at radius 3 is 1.58 bits per heavy atom. The van der Waals surface area contributed by atoms with Gasteiger partial charge in [0.1, 0.15) is 0 Å². The number of aliphatic hydroxyl groups is 1. The van der Waals surface area contributed by atoms with Crippen molar-refractivity contribution in [1.82, 2.24) is 0 Å². The van der Waals surface area contributed by atoms with Crippen molar-refractivity contribution in [2.75, 3.05) is 6.61 Å². The topological polar surface area (TPSA) is 20.2 Å². The molecule has 0 aliphatic heterocycles. The second-order valence-corrected chi connectivity index (χ2v) is 3.20. The zero-order valence-electron chi connectivity index (χ0n) is 8.26. The molecule has 0 unspecified atom stereocenters. The minimum absolute atomic E-state index is 0. The van der Waals surface area contributed by atoms with Gasteiger partial charge in [-0.25, -0.2) is 0 Å². The van der Waals surface area contributed by atoms with Gasteiger partial charge in [0, 0.05) is 25.2 Å². The van der Waals surface area contributed by atoms with Crippen molar-refractivity contribution in [1.29, 1.82) is 0 Å². The smallest absolute Gasteiger partial charge is 0.0431 e. The second-order valence-electron chi connectivity index (χ2n) is 3.20. The molecule has 73 valence electrons. The molecule has 0 heterocycles. The summed E-state index contributed by atoms with van der Waals surface area (Å²) in [6.45, 7) is 2.61. The van der Waals surface area contributed by atoms with E-state index in [1.165, 1.54) is 44.9 Å². The van der Waals surface area contributed by atoms with Gasteiger partial charge in [-0.3, -0.25) is 0 Å². The van der Waals surface area contributed by atoms with E-state index in [2.05, 4.69) is 6.92 Å². The molecule has 1 radical (unpaired) electrons. The summed E-state index contributed by atoms with van der Waals surface area (Å²) in [5, 5.41) is 8.51. The Morgan fingerprint density at radius 1 is 0.750 bits per heavy atom. The Bertz CT molecular complexity index is 58.9. The molecule has 0 saturated heterocycles. The van der Waals surface area contributed by atoms with E-state index in [1.807, 2.05) is 0 Å². The third kappa shape index (κ3) is 13.2. The summed E-state index contributed by atoms with van der Waals surface area (Å²) < 4.78 is 0. The van der Waals surface area contributed by atoms with Crippen LogP contribution < -0.4 is 0 Å². The second kappa shape index (κ2) is 14.1. The van der Waals surface area contributed by atoms with Gasteiger partial charge in [-0.2, -0.15) is 0 Å². The van der Waals surface area contributed by atoms with E-state index in [4.69, 9.17) is 5.11 Å². The van der Waals surface area contributed by atoms with Crippen molar-refractivity contribution < 1.29 is 23.7 Å². The van der Waals surface area contributed by atoms with E-state index in [9.17, 15) is 0 Å². The minimum Gasteiger partial charge on any atom is -0.396 e. The zero-order chi connectivity index (χ0) is 8.36. The quantitative estimate of drug-likeness (QED) is 0.609. The van der Waals surface area contributed by atoms with Gasteiger partial charge >= 0.3 is 0 Å². The molecule has 0 aromatic rings. The molecule has 1 nitrogen and oxygen atoms in total. The Labute approximate surface area is 88.8 Å². The summed E-state index contributed by atoms with van der Waals surface area (Å²) in [7, 11) is 0. The van der Waals surface area contributed by atoms with Gasteiger partial charge in [-0.1, -0.05) is 51.9 Å². The van der Waals surface area contributed by atoms with E-state index in [1.54, 1.807) is 0 Å². The fraction of sp³-hybridized carbons (Fsp3) is 1.00. The van der Waals surface area contributed by atoms with Crippen molar-refractivity contribution in [3.63, 3.8) is 0 Å². The van der Waals surface area contributed by atoms with E-state index in [-0.39, 0.29) is 18.6 Å². The maximum Gasteiger partial charge on any atom is 0.0431 e. The van der Waals surface area contributed by atoms with Gasteiger partial charge in [-0.15, -0.1) is 0 Å². The third-order valence-corrected chi connectivity index (χ3v) is 2.01. The maximum atomic E-state index is 8.51. The van der Waals surface area contributed by atoms with Crippen LogP contribution in [0.15, 0.2) is 0 Å². The normalized spacial score (nSPS) is 9.50. The summed E-state index contributed by atoms with van der Waals surface area (Å²) in [6.07, 6.45) is 10.4. The van der Waals surface area contributed by atoms with Crippen LogP contribution in [0.3, 0.4) is 0 Å². The van der Waals surface area contributed by atoms with Crippen molar-refractivity contribution in [2.24, 2.45) is 0 Å². The molecule has 12 heavy (non-hydrogen) atoms. The SMILES string of the molecule is CCCCCCCCCCO.[V]. The van der Waals surface area contributed by atoms with E-state index >= 15 is 0 Å². The Balaban J connectivity index is 0. The van der Waals surface area contributed by atoms with Crippen molar-refractivity contribution in [2.45, 2.75) is 58.3 Å². The average molecular weight is 209 g/mol. The molecule has 0 aliphatic carbocycles. The molecule has 0 bridgehead atoms. The number of hydrogen-bond donors (Lipinski definition) is 1. The van der Waals surface area contributed by atoms with Crippen LogP contribution >= 0.6 is 0 Å². The van der Waals surface area contributed by atoms with E-state index in [0.29, 0.717) is 6.61 Å². The van der Waals surface area contributed by atoms with Crippen LogP contribution in [-0.2, 0) is 18.6 Å². The summed E-state index contributed by atoms with van der Waals surface area (Å²) in [5.74, 6) is 0. The van der Waals surface area contributed by atoms with Gasteiger partial charge in [0.15, 0.2) is 0 Å². The van der Waals surface area contributed by atoms with Crippen molar-refractivity contribution >= 4 is 0 Å². The largest absolute Gasteiger partial charge is 0.396 e. The maximum absolute atomic E-state index is 8.51. The van der Waals surface area contributed by atoms with Crippen molar-refractivity contribution in [3.05, 3.63) is 0 Å². The fourth-order valence-electron chi connectivity index (χ4n) is 1.25. The van der Waals surface area contributed by atoms with Crippen LogP contribution in [-0.4, -0.2) is 11.7 Å². The van der Waals surface area contributed by atoms with Crippen LogP contribution in [0.25, 0.3) is 0 Å². The molecule has 0 atom stereocenters.